The van der Waals surface area contributed by atoms with E-state index in [0.29, 0.717) is 6.42 Å². The number of nitrogens with one attached hydrogen (secondary N) is 1. The molecule has 0 saturated carbocycles. The third-order valence-electron chi connectivity index (χ3n) is 5.03. The molecule has 1 aliphatic rings. The van der Waals surface area contributed by atoms with Crippen LogP contribution >= 0.6 is 0 Å². The summed E-state index contributed by atoms with van der Waals surface area (Å²) in [5.74, 6) is -1.89. The van der Waals surface area contributed by atoms with Crippen molar-refractivity contribution in [2.24, 2.45) is 11.7 Å². The van der Waals surface area contributed by atoms with E-state index in [-0.39, 0.29) is 18.4 Å². The number of nitrogens with two attached hydrogens (primary N) is 1. The maximum absolute atomic E-state index is 12.1. The lowest BCUT2D eigenvalue weighted by Crippen LogP contribution is -2.42. The predicted molar refractivity (Wildman–Crippen MR) is 120 cm³/mol. The number of carboxylic acid groups (broad SMARTS) is 2. The van der Waals surface area contributed by atoms with Crippen molar-refractivity contribution in [1.82, 2.24) is 5.32 Å². The molecule has 0 radical (unpaired) electrons. The monoisotopic (exact) mass is 442 g/mol. The first-order valence-electron chi connectivity index (χ1n) is 10.4. The summed E-state index contributed by atoms with van der Waals surface area (Å²) in [7, 11) is 0. The van der Waals surface area contributed by atoms with Gasteiger partial charge in [-0.1, -0.05) is 62.4 Å². The minimum absolute atomic E-state index is 0.0403. The molecule has 2 unspecified atom stereocenters. The van der Waals surface area contributed by atoms with Crippen LogP contribution in [-0.4, -0.2) is 46.9 Å². The van der Waals surface area contributed by atoms with E-state index in [0.717, 1.165) is 22.3 Å². The second-order valence-electron chi connectivity index (χ2n) is 8.12. The van der Waals surface area contributed by atoms with Crippen molar-refractivity contribution in [3.63, 3.8) is 0 Å². The standard InChI is InChI=1S/C21H23NO4.C3H7NO2/c1-13(2)11-19(20(23)24)22-21(25)26-12-18-16-9-5-3-7-14(16)15-8-4-6-10-17(15)18;1-2(4)3(5)6/h3-10,13,18-19H,11-12H2,1-2H3,(H,22,25)(H,23,24);2H,4H2,1H3,(H,5,6). The molecule has 0 aromatic heterocycles. The van der Waals surface area contributed by atoms with E-state index in [1.54, 1.807) is 0 Å². The molecule has 5 N–H and O–H groups in total. The highest BCUT2D eigenvalue weighted by Gasteiger charge is 2.29. The summed E-state index contributed by atoms with van der Waals surface area (Å²) < 4.78 is 5.39. The quantitative estimate of drug-likeness (QED) is 0.515. The Labute approximate surface area is 187 Å². The second-order valence-corrected chi connectivity index (χ2v) is 8.12. The first-order chi connectivity index (χ1) is 15.1. The van der Waals surface area contributed by atoms with Gasteiger partial charge in [0.2, 0.25) is 0 Å². The molecule has 2 aromatic rings. The van der Waals surface area contributed by atoms with Crippen molar-refractivity contribution in [3.05, 3.63) is 59.7 Å². The van der Waals surface area contributed by atoms with E-state index < -0.39 is 30.1 Å². The van der Waals surface area contributed by atoms with Crippen LogP contribution in [0.4, 0.5) is 4.79 Å². The highest BCUT2D eigenvalue weighted by atomic mass is 16.5. The van der Waals surface area contributed by atoms with Gasteiger partial charge >= 0.3 is 18.0 Å². The number of amides is 1. The lowest BCUT2D eigenvalue weighted by Gasteiger charge is -2.18. The molecule has 8 nitrogen and oxygen atoms in total. The third kappa shape index (κ3) is 6.55. The van der Waals surface area contributed by atoms with Crippen molar-refractivity contribution < 1.29 is 29.3 Å². The number of aliphatic carboxylic acids is 2. The number of fused-ring (bicyclic) bond motifs is 3. The Kier molecular flexibility index (Phi) is 8.78. The fraction of sp³-hybridized carbons (Fsp3) is 0.375. The summed E-state index contributed by atoms with van der Waals surface area (Å²) in [6.45, 7) is 5.42. The molecule has 1 amide bonds. The fourth-order valence-electron chi connectivity index (χ4n) is 3.48. The molecule has 0 spiro atoms. The smallest absolute Gasteiger partial charge is 0.407 e. The molecule has 0 aliphatic heterocycles. The number of hydrogen-bond acceptors (Lipinski definition) is 5. The van der Waals surface area contributed by atoms with Crippen LogP contribution in [0.2, 0.25) is 0 Å². The van der Waals surface area contributed by atoms with Crippen molar-refractivity contribution >= 4 is 18.0 Å². The number of carbonyl (C=O) groups is 3. The van der Waals surface area contributed by atoms with Gasteiger partial charge in [0.05, 0.1) is 0 Å². The normalized spacial score (nSPS) is 13.8. The average molecular weight is 443 g/mol. The Hall–Kier alpha value is -3.39. The minimum Gasteiger partial charge on any atom is -0.480 e. The van der Waals surface area contributed by atoms with Gasteiger partial charge in [-0.05, 0) is 41.5 Å². The Morgan fingerprint density at radius 1 is 0.938 bits per heavy atom. The van der Waals surface area contributed by atoms with Gasteiger partial charge in [0, 0.05) is 5.92 Å². The highest BCUT2D eigenvalue weighted by Crippen LogP contribution is 2.44. The summed E-state index contributed by atoms with van der Waals surface area (Å²) in [6.07, 6.45) is -0.334. The van der Waals surface area contributed by atoms with Gasteiger partial charge in [-0.3, -0.25) is 4.79 Å². The van der Waals surface area contributed by atoms with E-state index in [1.165, 1.54) is 6.92 Å². The van der Waals surface area contributed by atoms with E-state index in [1.807, 2.05) is 50.2 Å². The molecule has 1 aliphatic carbocycles. The molecule has 8 heteroatoms. The average Bonchev–Trinajstić information content (AvgIpc) is 3.05. The Balaban J connectivity index is 0.000000534. The predicted octanol–water partition coefficient (Wildman–Crippen LogP) is 3.44. The van der Waals surface area contributed by atoms with Crippen molar-refractivity contribution in [2.45, 2.75) is 45.2 Å². The summed E-state index contributed by atoms with van der Waals surface area (Å²) in [6, 6.07) is 14.5. The van der Waals surface area contributed by atoms with Crippen LogP contribution in [0.5, 0.6) is 0 Å². The third-order valence-corrected chi connectivity index (χ3v) is 5.03. The Morgan fingerprint density at radius 3 is 1.81 bits per heavy atom. The van der Waals surface area contributed by atoms with Gasteiger partial charge in [0.25, 0.3) is 0 Å². The topological polar surface area (TPSA) is 139 Å². The first-order valence-corrected chi connectivity index (χ1v) is 10.4. The van der Waals surface area contributed by atoms with Crippen LogP contribution in [0.25, 0.3) is 11.1 Å². The number of alkyl carbamates (subject to hydrolysis) is 1. The van der Waals surface area contributed by atoms with Gasteiger partial charge in [-0.25, -0.2) is 9.59 Å². The maximum Gasteiger partial charge on any atom is 0.407 e. The summed E-state index contributed by atoms with van der Waals surface area (Å²) in [5.41, 5.74) is 9.39. The van der Waals surface area contributed by atoms with Gasteiger partial charge in [0.1, 0.15) is 18.7 Å². The number of benzene rings is 2. The lowest BCUT2D eigenvalue weighted by atomic mass is 9.98. The Morgan fingerprint density at radius 2 is 1.41 bits per heavy atom. The van der Waals surface area contributed by atoms with Crippen molar-refractivity contribution in [1.29, 1.82) is 0 Å². The van der Waals surface area contributed by atoms with Crippen LogP contribution in [0, 0.1) is 5.92 Å². The molecule has 2 aromatic carbocycles. The van der Waals surface area contributed by atoms with E-state index >= 15 is 0 Å². The van der Waals surface area contributed by atoms with Crippen LogP contribution < -0.4 is 11.1 Å². The molecule has 0 fully saturated rings. The zero-order valence-corrected chi connectivity index (χ0v) is 18.4. The number of hydrogen-bond donors (Lipinski definition) is 4. The largest absolute Gasteiger partial charge is 0.480 e. The van der Waals surface area contributed by atoms with Gasteiger partial charge in [-0.2, -0.15) is 0 Å². The van der Waals surface area contributed by atoms with E-state index in [2.05, 4.69) is 17.4 Å². The molecule has 3 rings (SSSR count). The number of rotatable bonds is 7. The molecule has 2 atom stereocenters. The SMILES string of the molecule is CC(C)CC(NC(=O)OCC1c2ccccc2-c2ccccc21)C(=O)O.CC(N)C(=O)O. The molecule has 32 heavy (non-hydrogen) atoms. The fourth-order valence-corrected chi connectivity index (χ4v) is 3.48. The van der Waals surface area contributed by atoms with Gasteiger partial charge < -0.3 is 26.0 Å². The number of carboxylic acids is 2. The first kappa shape index (κ1) is 24.9. The van der Waals surface area contributed by atoms with Crippen LogP contribution in [0.1, 0.15) is 44.2 Å². The molecule has 0 heterocycles. The summed E-state index contributed by atoms with van der Waals surface area (Å²) >= 11 is 0. The number of carbonyl (C=O) groups excluding carboxylic acids is 1. The van der Waals surface area contributed by atoms with E-state index in [9.17, 15) is 19.5 Å². The molecule has 172 valence electrons. The van der Waals surface area contributed by atoms with Crippen LogP contribution in [-0.2, 0) is 14.3 Å². The zero-order chi connectivity index (χ0) is 23.8. The molecular weight excluding hydrogens is 412 g/mol. The summed E-state index contributed by atoms with van der Waals surface area (Å²) in [5, 5.41) is 19.6. The minimum atomic E-state index is -1.05. The van der Waals surface area contributed by atoms with Crippen molar-refractivity contribution in [3.8, 4) is 11.1 Å². The number of ether oxygens (including phenoxy) is 1. The Bertz CT molecular complexity index is 912. The van der Waals surface area contributed by atoms with Crippen LogP contribution in [0.3, 0.4) is 0 Å². The maximum atomic E-state index is 12.1. The lowest BCUT2D eigenvalue weighted by molar-refractivity contribution is -0.140. The van der Waals surface area contributed by atoms with Crippen molar-refractivity contribution in [2.75, 3.05) is 6.61 Å². The van der Waals surface area contributed by atoms with E-state index in [4.69, 9.17) is 15.6 Å². The van der Waals surface area contributed by atoms with Gasteiger partial charge in [-0.15, -0.1) is 0 Å². The highest BCUT2D eigenvalue weighted by molar-refractivity contribution is 5.81. The second kappa shape index (κ2) is 11.3. The molecular formula is C24H30N2O6. The van der Waals surface area contributed by atoms with Crippen LogP contribution in [0.15, 0.2) is 48.5 Å². The van der Waals surface area contributed by atoms with Gasteiger partial charge in [0.15, 0.2) is 0 Å². The summed E-state index contributed by atoms with van der Waals surface area (Å²) in [4.78, 5) is 33.0. The molecule has 0 bridgehead atoms. The molecule has 0 saturated heterocycles. The zero-order valence-electron chi connectivity index (χ0n) is 18.4.